The summed E-state index contributed by atoms with van der Waals surface area (Å²) in [6, 6.07) is 0. The number of aliphatic hydroxyl groups is 1. The third-order valence-electron chi connectivity index (χ3n) is 1.48. The zero-order valence-corrected chi connectivity index (χ0v) is 9.87. The fourth-order valence-corrected chi connectivity index (χ4v) is 0.836. The van der Waals surface area contributed by atoms with Crippen LogP contribution >= 0.6 is 0 Å². The van der Waals surface area contributed by atoms with Crippen molar-refractivity contribution in [3.05, 3.63) is 0 Å². The molecule has 17 heavy (non-hydrogen) atoms. The van der Waals surface area contributed by atoms with Crippen molar-refractivity contribution in [1.29, 1.82) is 0 Å². The summed E-state index contributed by atoms with van der Waals surface area (Å²) >= 11 is 0. The molecule has 94 valence electrons. The van der Waals surface area contributed by atoms with Crippen molar-refractivity contribution in [2.45, 2.75) is 18.4 Å². The first-order valence-corrected chi connectivity index (χ1v) is 3.78. The molecule has 1 unspecified atom stereocenters. The van der Waals surface area contributed by atoms with Crippen LogP contribution in [0.1, 0.15) is 15.7 Å². The van der Waals surface area contributed by atoms with E-state index in [1.807, 2.05) is 0 Å². The quantitative estimate of drug-likeness (QED) is 0.269. The second-order valence-corrected chi connectivity index (χ2v) is 2.82. The monoisotopic (exact) mass is 262 g/mol. The summed E-state index contributed by atoms with van der Waals surface area (Å²) in [4.78, 5) is 41.4. The van der Waals surface area contributed by atoms with Crippen molar-refractivity contribution in [2.24, 2.45) is 0 Å². The molecular weight excluding hydrogens is 252 g/mol. The van der Waals surface area contributed by atoms with Crippen molar-refractivity contribution in [1.82, 2.24) is 0 Å². The van der Waals surface area contributed by atoms with E-state index in [4.69, 9.17) is 15.3 Å². The van der Waals surface area contributed by atoms with Gasteiger partial charge in [-0.05, 0) is 0 Å². The number of aliphatic carboxylic acids is 2. The smallest absolute Gasteiger partial charge is 1.00 e. The summed E-state index contributed by atoms with van der Waals surface area (Å²) in [6.07, 6.45) is -4.51. The van der Waals surface area contributed by atoms with Crippen LogP contribution in [0.25, 0.3) is 0 Å². The number of hydrogen-bond acceptors (Lipinski definition) is 6. The number of carboxylic acids is 2. The molecule has 0 saturated carbocycles. The van der Waals surface area contributed by atoms with E-state index in [0.29, 0.717) is 0 Å². The number of esters is 1. The largest absolute Gasteiger partial charge is 2.00 e. The molecule has 0 aromatic carbocycles. The van der Waals surface area contributed by atoms with E-state index in [2.05, 4.69) is 4.74 Å². The average molecular weight is 262 g/mol. The summed E-state index contributed by atoms with van der Waals surface area (Å²) in [5.41, 5.74) is -2.89. The van der Waals surface area contributed by atoms with E-state index in [1.165, 1.54) is 0 Å². The molecule has 4 N–H and O–H groups in total. The van der Waals surface area contributed by atoms with Gasteiger partial charge in [0.05, 0.1) is 12.8 Å². The first kappa shape index (κ1) is 18.0. The minimum absolute atomic E-state index is 0. The Kier molecular flexibility index (Phi) is 7.44. The molecule has 0 aliphatic carbocycles. The molecular formula is C7H10MgO9. The van der Waals surface area contributed by atoms with Crippen molar-refractivity contribution < 1.29 is 47.2 Å². The van der Waals surface area contributed by atoms with Gasteiger partial charge in [-0.3, -0.25) is 9.59 Å². The maximum absolute atomic E-state index is 10.7. The van der Waals surface area contributed by atoms with Crippen LogP contribution in [0.5, 0.6) is 0 Å². The van der Waals surface area contributed by atoms with Gasteiger partial charge >= 0.3 is 47.1 Å². The van der Waals surface area contributed by atoms with Crippen LogP contribution in [-0.4, -0.2) is 73.1 Å². The zero-order valence-electron chi connectivity index (χ0n) is 10.5. The van der Waals surface area contributed by atoms with E-state index in [0.717, 1.165) is 0 Å². The molecule has 0 bridgehead atoms. The van der Waals surface area contributed by atoms with E-state index < -0.39 is 42.5 Å². The standard InChI is InChI=1S/C7H8O9.Mg.2H/c8-3(9)1-7(15,5(11)12)2-4(10)16-6(13)14;;;/h15H,1-2H2,(H,8,9)(H,11,12)(H,13,14);;;/q;+2;2*-1. The van der Waals surface area contributed by atoms with Gasteiger partial charge in [-0.1, -0.05) is 0 Å². The second-order valence-electron chi connectivity index (χ2n) is 2.82. The van der Waals surface area contributed by atoms with Crippen LogP contribution in [0.2, 0.25) is 0 Å². The average Bonchev–Trinajstić information content (AvgIpc) is 1.98. The Morgan fingerprint density at radius 3 is 1.82 bits per heavy atom. The summed E-state index contributed by atoms with van der Waals surface area (Å²) in [5, 5.41) is 34.1. The molecule has 0 rings (SSSR count). The molecule has 0 aliphatic heterocycles. The zero-order chi connectivity index (χ0) is 12.9. The third-order valence-corrected chi connectivity index (χ3v) is 1.48. The molecule has 0 amide bonds. The Morgan fingerprint density at radius 2 is 1.53 bits per heavy atom. The van der Waals surface area contributed by atoms with Gasteiger partial charge in [0, 0.05) is 0 Å². The van der Waals surface area contributed by atoms with Gasteiger partial charge in [0.1, 0.15) is 0 Å². The topological polar surface area (TPSA) is 158 Å². The van der Waals surface area contributed by atoms with Gasteiger partial charge in [-0.25, -0.2) is 9.59 Å². The molecule has 0 aromatic heterocycles. The summed E-state index contributed by atoms with van der Waals surface area (Å²) in [7, 11) is 0. The fourth-order valence-electron chi connectivity index (χ4n) is 0.836. The van der Waals surface area contributed by atoms with Crippen LogP contribution in [0.15, 0.2) is 0 Å². The number of carbonyl (C=O) groups excluding carboxylic acids is 1. The SMILES string of the molecule is O=C(O)CC(O)(CC(=O)OC(=O)O)C(=O)O.[H-].[H-].[Mg+2]. The predicted octanol–water partition coefficient (Wildman–Crippen LogP) is -1.27. The first-order valence-electron chi connectivity index (χ1n) is 3.78. The van der Waals surface area contributed by atoms with Crippen molar-refractivity contribution in [3.8, 4) is 0 Å². The van der Waals surface area contributed by atoms with E-state index >= 15 is 0 Å². The minimum Gasteiger partial charge on any atom is -1.00 e. The third kappa shape index (κ3) is 6.70. The van der Waals surface area contributed by atoms with Crippen molar-refractivity contribution in [3.63, 3.8) is 0 Å². The number of hydrogen-bond donors (Lipinski definition) is 4. The van der Waals surface area contributed by atoms with Crippen LogP contribution in [-0.2, 0) is 19.1 Å². The Labute approximate surface area is 113 Å². The molecule has 0 aliphatic rings. The molecule has 1 atom stereocenters. The van der Waals surface area contributed by atoms with Crippen LogP contribution in [0, 0.1) is 0 Å². The number of carbonyl (C=O) groups is 4. The van der Waals surface area contributed by atoms with Gasteiger partial charge in [-0.15, -0.1) is 0 Å². The molecule has 9 nitrogen and oxygen atoms in total. The van der Waals surface area contributed by atoms with Gasteiger partial charge in [0.15, 0.2) is 5.60 Å². The van der Waals surface area contributed by atoms with Gasteiger partial charge in [0.2, 0.25) is 0 Å². The Morgan fingerprint density at radius 1 is 1.06 bits per heavy atom. The molecule has 0 aromatic rings. The summed E-state index contributed by atoms with van der Waals surface area (Å²) in [6.45, 7) is 0. The molecule has 0 fully saturated rings. The van der Waals surface area contributed by atoms with Crippen LogP contribution in [0.3, 0.4) is 0 Å². The summed E-state index contributed by atoms with van der Waals surface area (Å²) in [5.74, 6) is -5.18. The van der Waals surface area contributed by atoms with E-state index in [1.54, 1.807) is 0 Å². The van der Waals surface area contributed by atoms with Crippen LogP contribution in [0.4, 0.5) is 4.79 Å². The van der Waals surface area contributed by atoms with Crippen LogP contribution < -0.4 is 0 Å². The van der Waals surface area contributed by atoms with E-state index in [-0.39, 0.29) is 25.9 Å². The van der Waals surface area contributed by atoms with Gasteiger partial charge in [0.25, 0.3) is 0 Å². The number of carboxylic acid groups (broad SMARTS) is 3. The van der Waals surface area contributed by atoms with Crippen molar-refractivity contribution in [2.75, 3.05) is 0 Å². The molecule has 10 heteroatoms. The number of ether oxygens (including phenoxy) is 1. The Hall–Kier alpha value is -1.39. The van der Waals surface area contributed by atoms with Gasteiger partial charge < -0.3 is 28.0 Å². The predicted molar refractivity (Wildman–Crippen MR) is 51.6 cm³/mol. The first-order chi connectivity index (χ1) is 7.17. The normalized spacial score (nSPS) is 12.8. The summed E-state index contributed by atoms with van der Waals surface area (Å²) < 4.78 is 3.54. The number of rotatable bonds is 5. The van der Waals surface area contributed by atoms with E-state index in [9.17, 15) is 24.3 Å². The fraction of sp³-hybridized carbons (Fsp3) is 0.429. The molecule has 0 saturated heterocycles. The Balaban J connectivity index is -0.000000375. The minimum atomic E-state index is -2.89. The molecule has 0 spiro atoms. The molecule has 0 radical (unpaired) electrons. The van der Waals surface area contributed by atoms with Crippen molar-refractivity contribution >= 4 is 47.1 Å². The van der Waals surface area contributed by atoms with Gasteiger partial charge in [-0.2, -0.15) is 0 Å². The Bertz CT molecular complexity index is 347. The maximum atomic E-state index is 10.7. The second kappa shape index (κ2) is 7.03. The maximum Gasteiger partial charge on any atom is 2.00 e. The molecule has 0 heterocycles.